The fourth-order valence-electron chi connectivity index (χ4n) is 2.38. The van der Waals surface area contributed by atoms with Crippen LogP contribution in [-0.2, 0) is 4.79 Å². The summed E-state index contributed by atoms with van der Waals surface area (Å²) in [7, 11) is 1.33. The Hall–Kier alpha value is -2.86. The van der Waals surface area contributed by atoms with E-state index < -0.39 is 5.97 Å². The van der Waals surface area contributed by atoms with Gasteiger partial charge in [0.15, 0.2) is 5.78 Å². The van der Waals surface area contributed by atoms with E-state index in [0.29, 0.717) is 12.0 Å². The quantitative estimate of drug-likeness (QED) is 0.679. The van der Waals surface area contributed by atoms with Crippen molar-refractivity contribution in [1.29, 1.82) is 0 Å². The molecule has 6 nitrogen and oxygen atoms in total. The SMILES string of the molecule is COc1cc(NC(=O)CCCC(=O)c2ccccc2)c(Cl)cc1C(=O)O. The molecule has 0 radical (unpaired) electrons. The predicted molar refractivity (Wildman–Crippen MR) is 98.2 cm³/mol. The van der Waals surface area contributed by atoms with E-state index in [1.165, 1.54) is 19.2 Å². The smallest absolute Gasteiger partial charge is 0.339 e. The van der Waals surface area contributed by atoms with Crippen molar-refractivity contribution in [1.82, 2.24) is 0 Å². The highest BCUT2D eigenvalue weighted by molar-refractivity contribution is 6.34. The second-order valence-electron chi connectivity index (χ2n) is 5.53. The predicted octanol–water partition coefficient (Wildman–Crippen LogP) is 4.04. The number of anilines is 1. The van der Waals surface area contributed by atoms with Gasteiger partial charge in [-0.3, -0.25) is 9.59 Å². The number of carbonyl (C=O) groups is 3. The van der Waals surface area contributed by atoms with E-state index in [4.69, 9.17) is 21.4 Å². The van der Waals surface area contributed by atoms with Crippen molar-refractivity contribution in [3.8, 4) is 5.75 Å². The number of methoxy groups -OCH3 is 1. The number of hydrogen-bond donors (Lipinski definition) is 2. The zero-order valence-corrected chi connectivity index (χ0v) is 14.9. The minimum absolute atomic E-state index is 0.0242. The van der Waals surface area contributed by atoms with Gasteiger partial charge in [-0.25, -0.2) is 4.79 Å². The molecule has 1 amide bonds. The lowest BCUT2D eigenvalue weighted by molar-refractivity contribution is -0.116. The normalized spacial score (nSPS) is 10.2. The van der Waals surface area contributed by atoms with Gasteiger partial charge in [-0.15, -0.1) is 0 Å². The number of ether oxygens (including phenoxy) is 1. The van der Waals surface area contributed by atoms with Crippen LogP contribution in [-0.4, -0.2) is 29.9 Å². The number of benzene rings is 2. The van der Waals surface area contributed by atoms with Crippen LogP contribution in [0.2, 0.25) is 5.02 Å². The van der Waals surface area contributed by atoms with Gasteiger partial charge in [0.25, 0.3) is 0 Å². The first-order chi connectivity index (χ1) is 12.4. The standard InChI is InChI=1S/C19H18ClNO5/c1-26-17-11-15(14(20)10-13(17)19(24)25)21-18(23)9-5-8-16(22)12-6-3-2-4-7-12/h2-4,6-7,10-11H,5,8-9H2,1H3,(H,21,23)(H,24,25). The third kappa shape index (κ3) is 5.07. The van der Waals surface area contributed by atoms with Gasteiger partial charge in [-0.2, -0.15) is 0 Å². The number of aromatic carboxylic acids is 1. The summed E-state index contributed by atoms with van der Waals surface area (Å²) < 4.78 is 5.01. The van der Waals surface area contributed by atoms with Gasteiger partial charge in [0.2, 0.25) is 5.91 Å². The molecular formula is C19H18ClNO5. The zero-order valence-electron chi connectivity index (χ0n) is 14.1. The van der Waals surface area contributed by atoms with Gasteiger partial charge in [0.05, 0.1) is 17.8 Å². The minimum atomic E-state index is -1.18. The van der Waals surface area contributed by atoms with Crippen LogP contribution in [0, 0.1) is 0 Å². The number of Topliss-reactive ketones (excluding diaryl/α,β-unsaturated/α-hetero) is 1. The fourth-order valence-corrected chi connectivity index (χ4v) is 2.59. The number of rotatable bonds is 8. The van der Waals surface area contributed by atoms with Crippen LogP contribution in [0.3, 0.4) is 0 Å². The molecule has 2 aromatic rings. The number of ketones is 1. The second-order valence-corrected chi connectivity index (χ2v) is 5.94. The Labute approximate surface area is 155 Å². The maximum absolute atomic E-state index is 12.1. The van der Waals surface area contributed by atoms with Crippen molar-refractivity contribution >= 4 is 34.9 Å². The first kappa shape index (κ1) is 19.5. The third-order valence-electron chi connectivity index (χ3n) is 3.70. The summed E-state index contributed by atoms with van der Waals surface area (Å²) in [5.74, 6) is -1.43. The van der Waals surface area contributed by atoms with E-state index in [-0.39, 0.29) is 46.6 Å². The van der Waals surface area contributed by atoms with Crippen LogP contribution < -0.4 is 10.1 Å². The largest absolute Gasteiger partial charge is 0.496 e. The lowest BCUT2D eigenvalue weighted by Gasteiger charge is -2.11. The molecule has 26 heavy (non-hydrogen) atoms. The van der Waals surface area contributed by atoms with Crippen molar-refractivity contribution < 1.29 is 24.2 Å². The average molecular weight is 376 g/mol. The lowest BCUT2D eigenvalue weighted by atomic mass is 10.1. The number of halogens is 1. The molecule has 0 aliphatic rings. The number of carboxylic acid groups (broad SMARTS) is 1. The molecular weight excluding hydrogens is 358 g/mol. The van der Waals surface area contributed by atoms with Crippen LogP contribution in [0.4, 0.5) is 5.69 Å². The fraction of sp³-hybridized carbons (Fsp3) is 0.211. The molecule has 0 bridgehead atoms. The summed E-state index contributed by atoms with van der Waals surface area (Å²) in [6.45, 7) is 0. The highest BCUT2D eigenvalue weighted by Gasteiger charge is 2.16. The highest BCUT2D eigenvalue weighted by atomic mass is 35.5. The van der Waals surface area contributed by atoms with Crippen LogP contribution in [0.5, 0.6) is 5.75 Å². The van der Waals surface area contributed by atoms with Crippen LogP contribution in [0.25, 0.3) is 0 Å². The Morgan fingerprint density at radius 2 is 1.81 bits per heavy atom. The Balaban J connectivity index is 1.93. The topological polar surface area (TPSA) is 92.7 Å². The Morgan fingerprint density at radius 1 is 1.12 bits per heavy atom. The van der Waals surface area contributed by atoms with Crippen molar-refractivity contribution in [2.75, 3.05) is 12.4 Å². The molecule has 0 aliphatic carbocycles. The molecule has 0 saturated heterocycles. The van der Waals surface area contributed by atoms with Gasteiger partial charge < -0.3 is 15.2 Å². The maximum Gasteiger partial charge on any atom is 0.339 e. The van der Waals surface area contributed by atoms with Gasteiger partial charge in [-0.05, 0) is 12.5 Å². The number of carbonyl (C=O) groups excluding carboxylic acids is 2. The summed E-state index contributed by atoms with van der Waals surface area (Å²) in [5, 5.41) is 11.8. The van der Waals surface area contributed by atoms with Crippen molar-refractivity contribution in [3.05, 3.63) is 58.6 Å². The summed E-state index contributed by atoms with van der Waals surface area (Å²) in [6, 6.07) is 11.5. The number of amides is 1. The molecule has 2 rings (SSSR count). The van der Waals surface area contributed by atoms with Gasteiger partial charge in [-0.1, -0.05) is 41.9 Å². The Bertz CT molecular complexity index is 820. The number of nitrogens with one attached hydrogen (secondary N) is 1. The van der Waals surface area contributed by atoms with E-state index in [0.717, 1.165) is 0 Å². The first-order valence-corrected chi connectivity index (χ1v) is 8.29. The summed E-state index contributed by atoms with van der Waals surface area (Å²) in [4.78, 5) is 35.2. The molecule has 0 heterocycles. The molecule has 0 saturated carbocycles. The van der Waals surface area contributed by atoms with E-state index >= 15 is 0 Å². The summed E-state index contributed by atoms with van der Waals surface area (Å²) in [6.07, 6.45) is 0.784. The molecule has 7 heteroatoms. The van der Waals surface area contributed by atoms with E-state index in [9.17, 15) is 14.4 Å². The van der Waals surface area contributed by atoms with Gasteiger partial charge in [0, 0.05) is 24.5 Å². The van der Waals surface area contributed by atoms with Gasteiger partial charge in [0.1, 0.15) is 11.3 Å². The molecule has 2 N–H and O–H groups in total. The highest BCUT2D eigenvalue weighted by Crippen LogP contribution is 2.31. The number of hydrogen-bond acceptors (Lipinski definition) is 4. The molecule has 0 atom stereocenters. The van der Waals surface area contributed by atoms with Crippen molar-refractivity contribution in [3.63, 3.8) is 0 Å². The van der Waals surface area contributed by atoms with E-state index in [1.54, 1.807) is 24.3 Å². The van der Waals surface area contributed by atoms with E-state index in [2.05, 4.69) is 5.32 Å². The van der Waals surface area contributed by atoms with Crippen LogP contribution in [0.1, 0.15) is 40.0 Å². The summed E-state index contributed by atoms with van der Waals surface area (Å²) >= 11 is 6.02. The zero-order chi connectivity index (χ0) is 19.1. The monoisotopic (exact) mass is 375 g/mol. The molecule has 0 fully saturated rings. The molecule has 0 aliphatic heterocycles. The number of carboxylic acids is 1. The summed E-state index contributed by atoms with van der Waals surface area (Å²) in [5.41, 5.74) is 0.779. The lowest BCUT2D eigenvalue weighted by Crippen LogP contribution is -2.13. The van der Waals surface area contributed by atoms with Crippen LogP contribution >= 0.6 is 11.6 Å². The molecule has 0 aromatic heterocycles. The molecule has 0 unspecified atom stereocenters. The Morgan fingerprint density at radius 3 is 2.42 bits per heavy atom. The average Bonchev–Trinajstić information content (AvgIpc) is 2.63. The maximum atomic E-state index is 12.1. The molecule has 2 aromatic carbocycles. The second kappa shape index (κ2) is 9.01. The van der Waals surface area contributed by atoms with Gasteiger partial charge >= 0.3 is 5.97 Å². The molecule has 136 valence electrons. The van der Waals surface area contributed by atoms with Crippen LogP contribution in [0.15, 0.2) is 42.5 Å². The Kier molecular flexibility index (Phi) is 6.74. The molecule has 0 spiro atoms. The van der Waals surface area contributed by atoms with Crippen molar-refractivity contribution in [2.24, 2.45) is 0 Å². The third-order valence-corrected chi connectivity index (χ3v) is 4.01. The minimum Gasteiger partial charge on any atom is -0.496 e. The van der Waals surface area contributed by atoms with E-state index in [1.807, 2.05) is 6.07 Å². The first-order valence-electron chi connectivity index (χ1n) is 7.91. The van der Waals surface area contributed by atoms with Crippen molar-refractivity contribution in [2.45, 2.75) is 19.3 Å².